The van der Waals surface area contributed by atoms with Crippen molar-refractivity contribution in [2.24, 2.45) is 0 Å². The minimum absolute atomic E-state index is 0.0534. The lowest BCUT2D eigenvalue weighted by atomic mass is 10.1. The summed E-state index contributed by atoms with van der Waals surface area (Å²) in [6.45, 7) is 5.96. The van der Waals surface area contributed by atoms with Crippen molar-refractivity contribution in [2.75, 3.05) is 18.5 Å². The van der Waals surface area contributed by atoms with Crippen molar-refractivity contribution in [1.82, 2.24) is 10.6 Å². The molecule has 2 aromatic rings. The van der Waals surface area contributed by atoms with E-state index in [2.05, 4.69) is 16.0 Å². The fourth-order valence-corrected chi connectivity index (χ4v) is 2.61. The summed E-state index contributed by atoms with van der Waals surface area (Å²) < 4.78 is 5.34. The van der Waals surface area contributed by atoms with Crippen LogP contribution in [0.4, 0.5) is 5.69 Å². The highest BCUT2D eigenvalue weighted by atomic mass is 16.5. The number of anilines is 1. The van der Waals surface area contributed by atoms with Gasteiger partial charge in [0, 0.05) is 17.7 Å². The third-order valence-corrected chi connectivity index (χ3v) is 4.23. The zero-order valence-electron chi connectivity index (χ0n) is 17.0. The van der Waals surface area contributed by atoms with Crippen LogP contribution in [-0.4, -0.2) is 30.9 Å². The van der Waals surface area contributed by atoms with Gasteiger partial charge in [-0.05, 0) is 55.8 Å². The van der Waals surface area contributed by atoms with Gasteiger partial charge in [0.1, 0.15) is 5.75 Å². The molecule has 0 heterocycles. The van der Waals surface area contributed by atoms with Crippen LogP contribution in [0.1, 0.15) is 49.2 Å². The van der Waals surface area contributed by atoms with Crippen molar-refractivity contribution >= 4 is 23.4 Å². The van der Waals surface area contributed by atoms with Crippen LogP contribution in [0, 0.1) is 0 Å². The van der Waals surface area contributed by atoms with Gasteiger partial charge in [0.2, 0.25) is 11.8 Å². The second-order valence-corrected chi connectivity index (χ2v) is 6.45. The van der Waals surface area contributed by atoms with Crippen LogP contribution < -0.4 is 20.7 Å². The Morgan fingerprint density at radius 1 is 0.931 bits per heavy atom. The molecule has 0 spiro atoms. The van der Waals surface area contributed by atoms with Gasteiger partial charge in [-0.2, -0.15) is 0 Å². The van der Waals surface area contributed by atoms with Gasteiger partial charge in [0.05, 0.1) is 19.2 Å². The number of benzene rings is 2. The minimum atomic E-state index is -0.327. The van der Waals surface area contributed by atoms with Gasteiger partial charge < -0.3 is 20.7 Å². The second kappa shape index (κ2) is 10.8. The van der Waals surface area contributed by atoms with E-state index in [0.29, 0.717) is 30.0 Å². The Morgan fingerprint density at radius 2 is 1.59 bits per heavy atom. The molecule has 0 bridgehead atoms. The summed E-state index contributed by atoms with van der Waals surface area (Å²) in [4.78, 5) is 35.7. The van der Waals surface area contributed by atoms with E-state index in [4.69, 9.17) is 4.74 Å². The Morgan fingerprint density at radius 3 is 2.17 bits per heavy atom. The molecule has 0 saturated carbocycles. The number of carbonyl (C=O) groups is 3. The Kier molecular flexibility index (Phi) is 8.21. The molecule has 2 aromatic carbocycles. The van der Waals surface area contributed by atoms with Crippen LogP contribution in [-0.2, 0) is 9.59 Å². The minimum Gasteiger partial charge on any atom is -0.494 e. The molecule has 0 aliphatic carbocycles. The smallest absolute Gasteiger partial charge is 0.251 e. The highest BCUT2D eigenvalue weighted by molar-refractivity contribution is 5.96. The van der Waals surface area contributed by atoms with Gasteiger partial charge in [-0.3, -0.25) is 14.4 Å². The fraction of sp³-hybridized carbons (Fsp3) is 0.318. The molecule has 154 valence electrons. The highest BCUT2D eigenvalue weighted by Crippen LogP contribution is 2.16. The Labute approximate surface area is 170 Å². The Hall–Kier alpha value is -3.35. The van der Waals surface area contributed by atoms with E-state index in [1.807, 2.05) is 26.0 Å². The van der Waals surface area contributed by atoms with Crippen LogP contribution >= 0.6 is 0 Å². The van der Waals surface area contributed by atoms with Crippen LogP contribution in [0.5, 0.6) is 5.75 Å². The van der Waals surface area contributed by atoms with E-state index in [0.717, 1.165) is 5.56 Å². The molecular formula is C22H27N3O4. The monoisotopic (exact) mass is 397 g/mol. The predicted octanol–water partition coefficient (Wildman–Crippen LogP) is 3.04. The Balaban J connectivity index is 1.82. The maximum Gasteiger partial charge on any atom is 0.251 e. The average Bonchev–Trinajstić information content (AvgIpc) is 2.73. The number of nitrogens with one attached hydrogen (secondary N) is 3. The molecule has 0 saturated heterocycles. The second-order valence-electron chi connectivity index (χ2n) is 6.45. The molecule has 1 unspecified atom stereocenters. The maximum absolute atomic E-state index is 12.2. The summed E-state index contributed by atoms with van der Waals surface area (Å²) in [5, 5.41) is 8.22. The summed E-state index contributed by atoms with van der Waals surface area (Å²) in [6, 6.07) is 13.8. The SMILES string of the molecule is CCOc1ccc(C(=O)NCC(=O)NC(C)c2ccc(NC(=O)CC)cc2)cc1. The first-order valence-electron chi connectivity index (χ1n) is 9.63. The fourth-order valence-electron chi connectivity index (χ4n) is 2.61. The first kappa shape index (κ1) is 21.9. The van der Waals surface area contributed by atoms with Crippen LogP contribution in [0.3, 0.4) is 0 Å². The van der Waals surface area contributed by atoms with Crippen LogP contribution in [0.2, 0.25) is 0 Å². The van der Waals surface area contributed by atoms with Crippen molar-refractivity contribution in [3.05, 3.63) is 59.7 Å². The van der Waals surface area contributed by atoms with Crippen molar-refractivity contribution in [2.45, 2.75) is 33.2 Å². The molecule has 7 nitrogen and oxygen atoms in total. The van der Waals surface area contributed by atoms with Gasteiger partial charge in [0.25, 0.3) is 5.91 Å². The van der Waals surface area contributed by atoms with Crippen molar-refractivity contribution in [3.8, 4) is 5.75 Å². The number of rotatable bonds is 9. The molecule has 3 amide bonds. The van der Waals surface area contributed by atoms with Crippen molar-refractivity contribution in [3.63, 3.8) is 0 Å². The summed E-state index contributed by atoms with van der Waals surface area (Å²) in [6.07, 6.45) is 0.413. The van der Waals surface area contributed by atoms with Crippen molar-refractivity contribution in [1.29, 1.82) is 0 Å². The number of amides is 3. The molecule has 0 aromatic heterocycles. The van der Waals surface area contributed by atoms with Crippen LogP contribution in [0.25, 0.3) is 0 Å². The Bertz CT molecular complexity index is 832. The first-order chi connectivity index (χ1) is 13.9. The van der Waals surface area contributed by atoms with E-state index >= 15 is 0 Å². The highest BCUT2D eigenvalue weighted by Gasteiger charge is 2.12. The molecule has 1 atom stereocenters. The van der Waals surface area contributed by atoms with E-state index < -0.39 is 0 Å². The number of hydrogen-bond acceptors (Lipinski definition) is 4. The summed E-state index contributed by atoms with van der Waals surface area (Å²) >= 11 is 0. The third-order valence-electron chi connectivity index (χ3n) is 4.23. The standard InChI is InChI=1S/C22H27N3O4/c1-4-20(26)25-18-10-6-16(7-11-18)15(3)24-21(27)14-23-22(28)17-8-12-19(13-9-17)29-5-2/h6-13,15H,4-5,14H2,1-3H3,(H,23,28)(H,24,27)(H,25,26). The van der Waals surface area contributed by atoms with Crippen LogP contribution in [0.15, 0.2) is 48.5 Å². The molecule has 29 heavy (non-hydrogen) atoms. The van der Waals surface area contributed by atoms with E-state index in [1.54, 1.807) is 43.3 Å². The molecular weight excluding hydrogens is 370 g/mol. The molecule has 0 aliphatic heterocycles. The number of ether oxygens (including phenoxy) is 1. The van der Waals surface area contributed by atoms with Gasteiger partial charge >= 0.3 is 0 Å². The molecule has 0 radical (unpaired) electrons. The van der Waals surface area contributed by atoms with Crippen molar-refractivity contribution < 1.29 is 19.1 Å². The number of carbonyl (C=O) groups excluding carboxylic acids is 3. The summed E-state index contributed by atoms with van der Waals surface area (Å²) in [7, 11) is 0. The quantitative estimate of drug-likeness (QED) is 0.606. The first-order valence-corrected chi connectivity index (χ1v) is 9.63. The summed E-state index contributed by atoms with van der Waals surface area (Å²) in [5.41, 5.74) is 2.06. The lowest BCUT2D eigenvalue weighted by Crippen LogP contribution is -2.38. The van der Waals surface area contributed by atoms with Gasteiger partial charge in [-0.15, -0.1) is 0 Å². The summed E-state index contributed by atoms with van der Waals surface area (Å²) in [5.74, 6) is 0.0188. The molecule has 2 rings (SSSR count). The van der Waals surface area contributed by atoms with Gasteiger partial charge in [-0.1, -0.05) is 19.1 Å². The molecule has 7 heteroatoms. The topological polar surface area (TPSA) is 96.5 Å². The average molecular weight is 397 g/mol. The third kappa shape index (κ3) is 6.95. The largest absolute Gasteiger partial charge is 0.494 e. The van der Waals surface area contributed by atoms with E-state index in [-0.39, 0.29) is 30.3 Å². The van der Waals surface area contributed by atoms with Gasteiger partial charge in [-0.25, -0.2) is 0 Å². The number of hydrogen-bond donors (Lipinski definition) is 3. The molecule has 0 fully saturated rings. The van der Waals surface area contributed by atoms with E-state index in [1.165, 1.54) is 0 Å². The molecule has 0 aliphatic rings. The maximum atomic E-state index is 12.2. The normalized spacial score (nSPS) is 11.3. The lowest BCUT2D eigenvalue weighted by molar-refractivity contribution is -0.120. The molecule has 3 N–H and O–H groups in total. The van der Waals surface area contributed by atoms with E-state index in [9.17, 15) is 14.4 Å². The van der Waals surface area contributed by atoms with Gasteiger partial charge in [0.15, 0.2) is 0 Å². The lowest BCUT2D eigenvalue weighted by Gasteiger charge is -2.15. The zero-order valence-corrected chi connectivity index (χ0v) is 17.0. The predicted molar refractivity (Wildman–Crippen MR) is 112 cm³/mol. The zero-order chi connectivity index (χ0) is 21.2.